The number of para-hydroxylation sites is 1. The van der Waals surface area contributed by atoms with Crippen LogP contribution in [0.4, 0.5) is 5.69 Å². The van der Waals surface area contributed by atoms with E-state index in [1.165, 1.54) is 43.4 Å². The van der Waals surface area contributed by atoms with E-state index in [1.54, 1.807) is 0 Å². The summed E-state index contributed by atoms with van der Waals surface area (Å²) < 4.78 is 6.18. The van der Waals surface area contributed by atoms with Gasteiger partial charge in [-0.3, -0.25) is 0 Å². The zero-order valence-corrected chi connectivity index (χ0v) is 9.83. The van der Waals surface area contributed by atoms with E-state index in [1.807, 2.05) is 0 Å². The molecular formula is C14H19NO. The number of aryl methyl sites for hydroxylation is 1. The van der Waals surface area contributed by atoms with Gasteiger partial charge in [0.15, 0.2) is 0 Å². The number of anilines is 1. The molecule has 16 heavy (non-hydrogen) atoms. The molecule has 1 saturated carbocycles. The fourth-order valence-corrected chi connectivity index (χ4v) is 2.85. The fourth-order valence-electron chi connectivity index (χ4n) is 2.85. The molecule has 2 unspecified atom stereocenters. The van der Waals surface area contributed by atoms with E-state index in [4.69, 9.17) is 4.74 Å². The zero-order chi connectivity index (χ0) is 11.0. The summed E-state index contributed by atoms with van der Waals surface area (Å²) in [5, 5.41) is 3.65. The maximum atomic E-state index is 6.18. The molecule has 2 atom stereocenters. The fraction of sp³-hybridized carbons (Fsp3) is 0.571. The highest BCUT2D eigenvalue weighted by Gasteiger charge is 2.30. The van der Waals surface area contributed by atoms with Gasteiger partial charge in [-0.25, -0.2) is 0 Å². The van der Waals surface area contributed by atoms with Gasteiger partial charge in [-0.1, -0.05) is 25.0 Å². The van der Waals surface area contributed by atoms with E-state index < -0.39 is 0 Å². The van der Waals surface area contributed by atoms with Gasteiger partial charge in [-0.05, 0) is 37.8 Å². The maximum absolute atomic E-state index is 6.18. The van der Waals surface area contributed by atoms with Gasteiger partial charge in [0.2, 0.25) is 0 Å². The van der Waals surface area contributed by atoms with E-state index in [0.717, 1.165) is 5.75 Å². The van der Waals surface area contributed by atoms with Gasteiger partial charge in [0.25, 0.3) is 0 Å². The van der Waals surface area contributed by atoms with E-state index in [-0.39, 0.29) is 0 Å². The minimum Gasteiger partial charge on any atom is -0.486 e. The number of benzene rings is 1. The third-order valence-corrected chi connectivity index (χ3v) is 3.77. The van der Waals surface area contributed by atoms with E-state index >= 15 is 0 Å². The SMILES string of the molecule is Cc1cccc2c1OC1CCCCCC1N2. The van der Waals surface area contributed by atoms with Crippen molar-refractivity contribution in [2.45, 2.75) is 51.2 Å². The first-order chi connectivity index (χ1) is 7.84. The molecule has 1 aliphatic heterocycles. The second kappa shape index (κ2) is 4.00. The second-order valence-electron chi connectivity index (χ2n) is 5.00. The Labute approximate surface area is 97.0 Å². The number of fused-ring (bicyclic) bond motifs is 2. The molecule has 1 N–H and O–H groups in total. The number of hydrogen-bond donors (Lipinski definition) is 1. The van der Waals surface area contributed by atoms with Crippen molar-refractivity contribution in [2.24, 2.45) is 0 Å². The minimum atomic E-state index is 0.385. The summed E-state index contributed by atoms with van der Waals surface area (Å²) >= 11 is 0. The lowest BCUT2D eigenvalue weighted by atomic mass is 10.0. The normalized spacial score (nSPS) is 28.1. The van der Waals surface area contributed by atoms with Crippen LogP contribution in [0.2, 0.25) is 0 Å². The molecule has 0 bridgehead atoms. The third-order valence-electron chi connectivity index (χ3n) is 3.77. The monoisotopic (exact) mass is 217 g/mol. The molecule has 0 spiro atoms. The molecule has 1 heterocycles. The Morgan fingerprint density at radius 1 is 1.19 bits per heavy atom. The first kappa shape index (κ1) is 10.0. The van der Waals surface area contributed by atoms with Crippen molar-refractivity contribution in [2.75, 3.05) is 5.32 Å². The highest BCUT2D eigenvalue weighted by atomic mass is 16.5. The summed E-state index contributed by atoms with van der Waals surface area (Å²) in [4.78, 5) is 0. The van der Waals surface area contributed by atoms with Gasteiger partial charge >= 0.3 is 0 Å². The van der Waals surface area contributed by atoms with Crippen molar-refractivity contribution in [1.82, 2.24) is 0 Å². The highest BCUT2D eigenvalue weighted by Crippen LogP contribution is 2.37. The van der Waals surface area contributed by atoms with Crippen molar-refractivity contribution < 1.29 is 4.74 Å². The van der Waals surface area contributed by atoms with Crippen LogP contribution in [-0.2, 0) is 0 Å². The highest BCUT2D eigenvalue weighted by molar-refractivity contribution is 5.62. The van der Waals surface area contributed by atoms with Crippen molar-refractivity contribution in [3.63, 3.8) is 0 Å². The molecule has 1 aliphatic carbocycles. The summed E-state index contributed by atoms with van der Waals surface area (Å²) in [6.07, 6.45) is 6.83. The molecule has 0 saturated heterocycles. The van der Waals surface area contributed by atoms with E-state index in [2.05, 4.69) is 30.4 Å². The Hall–Kier alpha value is -1.18. The van der Waals surface area contributed by atoms with Crippen LogP contribution in [-0.4, -0.2) is 12.1 Å². The molecular weight excluding hydrogens is 198 g/mol. The Morgan fingerprint density at radius 3 is 3.00 bits per heavy atom. The number of rotatable bonds is 0. The molecule has 1 aromatic rings. The van der Waals surface area contributed by atoms with Gasteiger partial charge in [0.1, 0.15) is 11.9 Å². The smallest absolute Gasteiger partial charge is 0.145 e. The standard InChI is InChI=1S/C14H19NO/c1-10-6-5-8-12-14(10)16-13-9-4-2-3-7-11(13)15-12/h5-6,8,11,13,15H,2-4,7,9H2,1H3. The number of ether oxygens (including phenoxy) is 1. The number of nitrogens with one attached hydrogen (secondary N) is 1. The van der Waals surface area contributed by atoms with Crippen LogP contribution >= 0.6 is 0 Å². The van der Waals surface area contributed by atoms with Crippen molar-refractivity contribution in [3.05, 3.63) is 23.8 Å². The van der Waals surface area contributed by atoms with E-state index in [0.29, 0.717) is 12.1 Å². The van der Waals surface area contributed by atoms with Crippen molar-refractivity contribution >= 4 is 5.69 Å². The predicted molar refractivity (Wildman–Crippen MR) is 66.1 cm³/mol. The molecule has 0 amide bonds. The molecule has 1 aromatic carbocycles. The molecule has 0 radical (unpaired) electrons. The van der Waals surface area contributed by atoms with Gasteiger partial charge in [-0.15, -0.1) is 0 Å². The first-order valence-electron chi connectivity index (χ1n) is 6.37. The van der Waals surface area contributed by atoms with Crippen LogP contribution in [0.15, 0.2) is 18.2 Å². The molecule has 86 valence electrons. The van der Waals surface area contributed by atoms with Gasteiger partial charge in [0, 0.05) is 0 Å². The summed E-state index contributed by atoms with van der Waals surface area (Å²) in [6.45, 7) is 2.12. The van der Waals surface area contributed by atoms with Gasteiger partial charge in [0.05, 0.1) is 11.7 Å². The van der Waals surface area contributed by atoms with Gasteiger partial charge in [-0.2, -0.15) is 0 Å². The van der Waals surface area contributed by atoms with Crippen LogP contribution in [0.25, 0.3) is 0 Å². The Kier molecular flexibility index (Phi) is 2.50. The third kappa shape index (κ3) is 1.66. The summed E-state index contributed by atoms with van der Waals surface area (Å²) in [6, 6.07) is 6.87. The molecule has 3 rings (SSSR count). The van der Waals surface area contributed by atoms with Crippen LogP contribution in [0.3, 0.4) is 0 Å². The lowest BCUT2D eigenvalue weighted by Gasteiger charge is -2.34. The Bertz CT molecular complexity index is 388. The molecule has 2 nitrogen and oxygen atoms in total. The topological polar surface area (TPSA) is 21.3 Å². The number of hydrogen-bond acceptors (Lipinski definition) is 2. The predicted octanol–water partition coefficient (Wildman–Crippen LogP) is 3.50. The second-order valence-corrected chi connectivity index (χ2v) is 5.00. The minimum absolute atomic E-state index is 0.385. The van der Waals surface area contributed by atoms with Gasteiger partial charge < -0.3 is 10.1 Å². The van der Waals surface area contributed by atoms with Crippen molar-refractivity contribution in [1.29, 1.82) is 0 Å². The lowest BCUT2D eigenvalue weighted by Crippen LogP contribution is -2.40. The average Bonchev–Trinajstić information content (AvgIpc) is 2.52. The van der Waals surface area contributed by atoms with Crippen molar-refractivity contribution in [3.8, 4) is 5.75 Å². The lowest BCUT2D eigenvalue weighted by molar-refractivity contribution is 0.159. The largest absolute Gasteiger partial charge is 0.486 e. The molecule has 0 aromatic heterocycles. The van der Waals surface area contributed by atoms with Crippen LogP contribution in [0.5, 0.6) is 5.75 Å². The van der Waals surface area contributed by atoms with E-state index in [9.17, 15) is 0 Å². The maximum Gasteiger partial charge on any atom is 0.145 e. The Morgan fingerprint density at radius 2 is 2.06 bits per heavy atom. The zero-order valence-electron chi connectivity index (χ0n) is 9.83. The van der Waals surface area contributed by atoms with Crippen LogP contribution in [0.1, 0.15) is 37.7 Å². The quantitative estimate of drug-likeness (QED) is 0.718. The average molecular weight is 217 g/mol. The molecule has 2 aliphatic rings. The van der Waals surface area contributed by atoms with Crippen LogP contribution < -0.4 is 10.1 Å². The summed E-state index contributed by atoms with van der Waals surface area (Å²) in [5.74, 6) is 1.07. The first-order valence-corrected chi connectivity index (χ1v) is 6.37. The molecule has 2 heteroatoms. The summed E-state index contributed by atoms with van der Waals surface area (Å²) in [5.41, 5.74) is 2.43. The molecule has 1 fully saturated rings. The summed E-state index contributed by atoms with van der Waals surface area (Å²) in [7, 11) is 0. The van der Waals surface area contributed by atoms with Crippen LogP contribution in [0, 0.1) is 6.92 Å². The Balaban J connectivity index is 1.92.